The Balaban J connectivity index is 1.97. The third kappa shape index (κ3) is 2.55. The fraction of sp³-hybridized carbons (Fsp3) is 0.286. The second-order valence-electron chi connectivity index (χ2n) is 4.42. The van der Waals surface area contributed by atoms with Crippen molar-refractivity contribution < 1.29 is 14.3 Å². The molecule has 21 heavy (non-hydrogen) atoms. The Bertz CT molecular complexity index is 672. The maximum absolute atomic E-state index is 12.2. The number of hydrogen-bond acceptors (Lipinski definition) is 5. The predicted molar refractivity (Wildman–Crippen MR) is 86.6 cm³/mol. The first-order valence-corrected chi connectivity index (χ1v) is 8.19. The number of carbonyl (C=O) groups is 1. The number of likely N-dealkylation sites (N-methyl/N-ethyl adjacent to an activating group) is 1. The van der Waals surface area contributed by atoms with E-state index in [9.17, 15) is 4.79 Å². The lowest BCUT2D eigenvalue weighted by atomic mass is 10.1. The molecule has 0 radical (unpaired) electrons. The molecule has 0 fully saturated rings. The number of halogens is 1. The summed E-state index contributed by atoms with van der Waals surface area (Å²) in [6.07, 6.45) is 1.76. The molecule has 0 bridgehead atoms. The number of aliphatic imine (C=N–C) groups is 1. The van der Waals surface area contributed by atoms with E-state index in [1.807, 2.05) is 19.1 Å². The first-order chi connectivity index (χ1) is 10.1. The molecule has 0 saturated heterocycles. The first kappa shape index (κ1) is 14.5. The highest BCUT2D eigenvalue weighted by Crippen LogP contribution is 2.41. The van der Waals surface area contributed by atoms with Crippen molar-refractivity contribution in [3.05, 3.63) is 27.9 Å². The highest BCUT2D eigenvalue weighted by atomic mass is 79.9. The molecule has 1 aromatic carbocycles. The summed E-state index contributed by atoms with van der Waals surface area (Å²) in [5.41, 5.74) is 1.26. The number of hydrogen-bond donors (Lipinski definition) is 0. The zero-order valence-corrected chi connectivity index (χ0v) is 14.0. The zero-order chi connectivity index (χ0) is 15.0. The summed E-state index contributed by atoms with van der Waals surface area (Å²) in [5, 5.41) is 0.727. The van der Waals surface area contributed by atoms with Crippen LogP contribution in [0, 0.1) is 0 Å². The van der Waals surface area contributed by atoms with Crippen molar-refractivity contribution in [1.29, 1.82) is 0 Å². The van der Waals surface area contributed by atoms with Crippen LogP contribution in [0.4, 0.5) is 0 Å². The number of amides is 1. The minimum Gasteiger partial charge on any atom is -0.454 e. The molecule has 0 spiro atoms. The largest absolute Gasteiger partial charge is 0.454 e. The molecule has 0 saturated carbocycles. The van der Waals surface area contributed by atoms with E-state index in [1.54, 1.807) is 29.8 Å². The second kappa shape index (κ2) is 5.73. The number of fused-ring (bicyclic) bond motifs is 1. The summed E-state index contributed by atoms with van der Waals surface area (Å²) in [4.78, 5) is 18.2. The van der Waals surface area contributed by atoms with Gasteiger partial charge in [0.2, 0.25) is 6.79 Å². The number of amidine groups is 1. The van der Waals surface area contributed by atoms with Gasteiger partial charge in [-0.3, -0.25) is 9.69 Å². The molecule has 110 valence electrons. The van der Waals surface area contributed by atoms with Gasteiger partial charge in [-0.1, -0.05) is 18.7 Å². The molecular formula is C14H13BrN2O3S. The standard InChI is InChI=1S/C14H13BrN2O3S/c1-3-21-14-16-9(13(18)17(14)2)6-8-4-5-10-12(11(8)15)20-7-19-10/h4-6H,3,7H2,1-2H3/b9-6+. The number of rotatable bonds is 2. The van der Waals surface area contributed by atoms with Gasteiger partial charge in [-0.2, -0.15) is 0 Å². The molecule has 2 aliphatic heterocycles. The molecule has 7 heteroatoms. The van der Waals surface area contributed by atoms with Crippen molar-refractivity contribution in [2.45, 2.75) is 6.92 Å². The molecule has 5 nitrogen and oxygen atoms in total. The molecule has 2 heterocycles. The molecule has 2 aliphatic rings. The van der Waals surface area contributed by atoms with E-state index in [1.165, 1.54) is 0 Å². The monoisotopic (exact) mass is 368 g/mol. The van der Waals surface area contributed by atoms with Gasteiger partial charge < -0.3 is 9.47 Å². The topological polar surface area (TPSA) is 51.1 Å². The smallest absolute Gasteiger partial charge is 0.278 e. The molecule has 0 atom stereocenters. The van der Waals surface area contributed by atoms with Crippen molar-refractivity contribution in [3.63, 3.8) is 0 Å². The van der Waals surface area contributed by atoms with Crippen molar-refractivity contribution in [2.75, 3.05) is 19.6 Å². The minimum absolute atomic E-state index is 0.101. The van der Waals surface area contributed by atoms with E-state index in [2.05, 4.69) is 20.9 Å². The molecule has 1 amide bonds. The number of ether oxygens (including phenoxy) is 2. The zero-order valence-electron chi connectivity index (χ0n) is 11.6. The Morgan fingerprint density at radius 2 is 2.29 bits per heavy atom. The molecule has 0 unspecified atom stereocenters. The lowest BCUT2D eigenvalue weighted by Gasteiger charge is -2.09. The lowest BCUT2D eigenvalue weighted by Crippen LogP contribution is -2.25. The van der Waals surface area contributed by atoms with Gasteiger partial charge in [0.05, 0.1) is 4.47 Å². The van der Waals surface area contributed by atoms with Gasteiger partial charge in [0.25, 0.3) is 5.91 Å². The van der Waals surface area contributed by atoms with E-state index in [0.29, 0.717) is 17.2 Å². The average Bonchev–Trinajstić information content (AvgIpc) is 3.04. The van der Waals surface area contributed by atoms with E-state index >= 15 is 0 Å². The van der Waals surface area contributed by atoms with Gasteiger partial charge in [0.1, 0.15) is 5.70 Å². The molecule has 0 N–H and O–H groups in total. The third-order valence-corrected chi connectivity index (χ3v) is 4.83. The summed E-state index contributed by atoms with van der Waals surface area (Å²) >= 11 is 5.04. The van der Waals surface area contributed by atoms with Gasteiger partial charge in [-0.05, 0) is 45.5 Å². The van der Waals surface area contributed by atoms with Gasteiger partial charge >= 0.3 is 0 Å². The highest BCUT2D eigenvalue weighted by molar-refractivity contribution is 9.10. The number of nitrogens with zero attached hydrogens (tertiary/aromatic N) is 2. The van der Waals surface area contributed by atoms with Crippen LogP contribution in [-0.4, -0.2) is 35.6 Å². The van der Waals surface area contributed by atoms with E-state index < -0.39 is 0 Å². The van der Waals surface area contributed by atoms with Crippen LogP contribution in [0.25, 0.3) is 6.08 Å². The van der Waals surface area contributed by atoms with Crippen molar-refractivity contribution in [2.24, 2.45) is 4.99 Å². The minimum atomic E-state index is -0.101. The van der Waals surface area contributed by atoms with Crippen LogP contribution in [0.1, 0.15) is 12.5 Å². The second-order valence-corrected chi connectivity index (χ2v) is 6.45. The molecule has 0 aliphatic carbocycles. The fourth-order valence-electron chi connectivity index (χ4n) is 2.05. The third-order valence-electron chi connectivity index (χ3n) is 3.10. The lowest BCUT2D eigenvalue weighted by molar-refractivity contribution is -0.121. The van der Waals surface area contributed by atoms with Gasteiger partial charge in [-0.25, -0.2) is 4.99 Å². The normalized spacial score (nSPS) is 18.6. The van der Waals surface area contributed by atoms with E-state index in [0.717, 1.165) is 21.0 Å². The summed E-state index contributed by atoms with van der Waals surface area (Å²) in [6, 6.07) is 3.70. The summed E-state index contributed by atoms with van der Waals surface area (Å²) in [5.74, 6) is 2.13. The predicted octanol–water partition coefficient (Wildman–Crippen LogP) is 3.10. The molecule has 1 aromatic rings. The Hall–Kier alpha value is -1.47. The van der Waals surface area contributed by atoms with Crippen LogP contribution in [0.2, 0.25) is 0 Å². The van der Waals surface area contributed by atoms with Crippen LogP contribution in [0.5, 0.6) is 11.5 Å². The van der Waals surface area contributed by atoms with Crippen LogP contribution >= 0.6 is 27.7 Å². The fourth-order valence-corrected chi connectivity index (χ4v) is 3.30. The maximum Gasteiger partial charge on any atom is 0.278 e. The quantitative estimate of drug-likeness (QED) is 0.752. The van der Waals surface area contributed by atoms with Gasteiger partial charge in [-0.15, -0.1) is 0 Å². The van der Waals surface area contributed by atoms with Crippen molar-refractivity contribution >= 4 is 44.8 Å². The van der Waals surface area contributed by atoms with Gasteiger partial charge in [0.15, 0.2) is 16.7 Å². The van der Waals surface area contributed by atoms with Crippen LogP contribution in [0.15, 0.2) is 27.3 Å². The van der Waals surface area contributed by atoms with Gasteiger partial charge in [0, 0.05) is 7.05 Å². The Morgan fingerprint density at radius 3 is 3.05 bits per heavy atom. The Morgan fingerprint density at radius 1 is 1.48 bits per heavy atom. The van der Waals surface area contributed by atoms with Crippen molar-refractivity contribution in [1.82, 2.24) is 4.90 Å². The number of benzene rings is 1. The van der Waals surface area contributed by atoms with E-state index in [4.69, 9.17) is 9.47 Å². The molecular weight excluding hydrogens is 356 g/mol. The maximum atomic E-state index is 12.2. The number of carbonyl (C=O) groups excluding carboxylic acids is 1. The van der Waals surface area contributed by atoms with Crippen LogP contribution in [-0.2, 0) is 4.79 Å². The van der Waals surface area contributed by atoms with Crippen LogP contribution in [0.3, 0.4) is 0 Å². The molecule has 3 rings (SSSR count). The summed E-state index contributed by atoms with van der Waals surface area (Å²) in [6.45, 7) is 2.24. The Labute approximate surface area is 135 Å². The van der Waals surface area contributed by atoms with Crippen molar-refractivity contribution in [3.8, 4) is 11.5 Å². The highest BCUT2D eigenvalue weighted by Gasteiger charge is 2.27. The summed E-state index contributed by atoms with van der Waals surface area (Å²) in [7, 11) is 1.74. The average molecular weight is 369 g/mol. The first-order valence-electron chi connectivity index (χ1n) is 6.41. The Kier molecular flexibility index (Phi) is 3.95. The molecule has 0 aromatic heterocycles. The van der Waals surface area contributed by atoms with E-state index in [-0.39, 0.29) is 12.7 Å². The van der Waals surface area contributed by atoms with Crippen LogP contribution < -0.4 is 9.47 Å². The summed E-state index contributed by atoms with van der Waals surface area (Å²) < 4.78 is 11.5. The number of thioether (sulfide) groups is 1. The SMILES string of the molecule is CCSC1=N/C(=C/c2ccc3c(c2Br)OCO3)C(=O)N1C.